The SMILES string of the molecule is O=C1NC(=O)[C@H]2[C@@H]1[C@]1(Cl)C(Cl)=C(Cl)[C@]2(Cl)C1(Cl)Cl. The van der Waals surface area contributed by atoms with E-state index in [0.717, 1.165) is 0 Å². The quantitative estimate of drug-likeness (QED) is 0.527. The maximum atomic E-state index is 11.8. The van der Waals surface area contributed by atoms with Crippen molar-refractivity contribution < 1.29 is 9.59 Å². The third kappa shape index (κ3) is 1.03. The Bertz CT molecular complexity index is 501. The van der Waals surface area contributed by atoms with Crippen LogP contribution in [0.5, 0.6) is 0 Å². The lowest BCUT2D eigenvalue weighted by atomic mass is 9.84. The van der Waals surface area contributed by atoms with Gasteiger partial charge < -0.3 is 0 Å². The summed E-state index contributed by atoms with van der Waals surface area (Å²) >= 11 is 37.1. The first kappa shape index (κ1) is 13.6. The Balaban J connectivity index is 2.37. The lowest BCUT2D eigenvalue weighted by molar-refractivity contribution is -0.126. The van der Waals surface area contributed by atoms with Crippen LogP contribution in [0.3, 0.4) is 0 Å². The number of hydrogen-bond acceptors (Lipinski definition) is 2. The van der Waals surface area contributed by atoms with Gasteiger partial charge in [0.05, 0.1) is 21.9 Å². The van der Waals surface area contributed by atoms with Gasteiger partial charge in [-0.2, -0.15) is 0 Å². The molecule has 0 unspecified atom stereocenters. The van der Waals surface area contributed by atoms with E-state index in [1.165, 1.54) is 0 Å². The lowest BCUT2D eigenvalue weighted by Gasteiger charge is -2.33. The molecule has 1 saturated carbocycles. The van der Waals surface area contributed by atoms with Gasteiger partial charge in [-0.05, 0) is 0 Å². The van der Waals surface area contributed by atoms with E-state index in [0.29, 0.717) is 0 Å². The first-order valence-corrected chi connectivity index (χ1v) is 7.05. The number of hydrogen-bond donors (Lipinski definition) is 1. The van der Waals surface area contributed by atoms with E-state index in [2.05, 4.69) is 5.32 Å². The van der Waals surface area contributed by atoms with Gasteiger partial charge in [0.2, 0.25) is 11.8 Å². The maximum absolute atomic E-state index is 11.8. The average molecular weight is 370 g/mol. The van der Waals surface area contributed by atoms with Crippen LogP contribution in [0.2, 0.25) is 0 Å². The van der Waals surface area contributed by atoms with Gasteiger partial charge in [0, 0.05) is 0 Å². The van der Waals surface area contributed by atoms with E-state index < -0.39 is 37.7 Å². The van der Waals surface area contributed by atoms with E-state index in [4.69, 9.17) is 69.6 Å². The van der Waals surface area contributed by atoms with Crippen LogP contribution in [0.15, 0.2) is 10.1 Å². The molecule has 1 N–H and O–H groups in total. The molecule has 0 radical (unpaired) electrons. The zero-order chi connectivity index (χ0) is 13.7. The number of imide groups is 1. The van der Waals surface area contributed by atoms with Crippen LogP contribution in [-0.2, 0) is 9.59 Å². The normalized spacial score (nSPS) is 48.8. The van der Waals surface area contributed by atoms with E-state index >= 15 is 0 Å². The molecule has 98 valence electrons. The third-order valence-electron chi connectivity index (χ3n) is 3.75. The van der Waals surface area contributed by atoms with Gasteiger partial charge in [0.25, 0.3) is 0 Å². The highest BCUT2D eigenvalue weighted by Crippen LogP contribution is 2.76. The van der Waals surface area contributed by atoms with E-state index in [9.17, 15) is 9.59 Å². The lowest BCUT2D eigenvalue weighted by Crippen LogP contribution is -2.49. The van der Waals surface area contributed by atoms with Crippen LogP contribution < -0.4 is 5.32 Å². The van der Waals surface area contributed by atoms with Gasteiger partial charge >= 0.3 is 0 Å². The van der Waals surface area contributed by atoms with Crippen molar-refractivity contribution in [3.8, 4) is 0 Å². The number of carbonyl (C=O) groups excluding carboxylic acids is 2. The molecule has 4 atom stereocenters. The van der Waals surface area contributed by atoms with Crippen molar-refractivity contribution in [1.29, 1.82) is 0 Å². The Hall–Kier alpha value is 0.620. The monoisotopic (exact) mass is 367 g/mol. The van der Waals surface area contributed by atoms with Gasteiger partial charge in [-0.15, -0.1) is 23.2 Å². The predicted molar refractivity (Wildman–Crippen MR) is 70.5 cm³/mol. The van der Waals surface area contributed by atoms with Gasteiger partial charge in [-0.3, -0.25) is 14.9 Å². The molecule has 0 aromatic heterocycles. The fraction of sp³-hybridized carbons (Fsp3) is 0.556. The van der Waals surface area contributed by atoms with Crippen LogP contribution in [-0.4, -0.2) is 25.9 Å². The molecule has 2 amide bonds. The maximum Gasteiger partial charge on any atom is 0.232 e. The standard InChI is InChI=1S/C9H3Cl6NO2/c10-3-4(11)8(13)2-1(5(17)16-6(2)18)7(3,12)9(8,14)15/h1-2H,(H,16,17,18)/t1-,2+,7-,8-/m0/s1. The summed E-state index contributed by atoms with van der Waals surface area (Å²) in [5.74, 6) is -3.27. The number of rotatable bonds is 0. The fourth-order valence-electron chi connectivity index (χ4n) is 2.92. The van der Waals surface area contributed by atoms with Crippen molar-refractivity contribution in [3.05, 3.63) is 10.1 Å². The highest BCUT2D eigenvalue weighted by Gasteiger charge is 2.86. The van der Waals surface area contributed by atoms with Gasteiger partial charge in [0.1, 0.15) is 9.75 Å². The molecular formula is C9H3Cl6NO2. The first-order chi connectivity index (χ1) is 8.11. The zero-order valence-electron chi connectivity index (χ0n) is 8.24. The van der Waals surface area contributed by atoms with Gasteiger partial charge in [-0.25, -0.2) is 0 Å². The number of amides is 2. The summed E-state index contributed by atoms with van der Waals surface area (Å²) in [5.41, 5.74) is 0. The molecule has 3 nitrogen and oxygen atoms in total. The number of halogens is 6. The Morgan fingerprint density at radius 3 is 1.50 bits per heavy atom. The summed E-state index contributed by atoms with van der Waals surface area (Å²) in [6.07, 6.45) is 0. The molecule has 0 aromatic carbocycles. The van der Waals surface area contributed by atoms with Crippen LogP contribution in [0.25, 0.3) is 0 Å². The van der Waals surface area contributed by atoms with Crippen molar-refractivity contribution in [2.24, 2.45) is 11.8 Å². The molecular weight excluding hydrogens is 367 g/mol. The second-order valence-electron chi connectivity index (χ2n) is 4.43. The Kier molecular flexibility index (Phi) is 2.60. The van der Waals surface area contributed by atoms with Crippen molar-refractivity contribution in [1.82, 2.24) is 5.32 Å². The Morgan fingerprint density at radius 2 is 1.17 bits per heavy atom. The van der Waals surface area contributed by atoms with Gasteiger partial charge in [-0.1, -0.05) is 46.4 Å². The fourth-order valence-corrected chi connectivity index (χ4v) is 5.86. The van der Waals surface area contributed by atoms with Crippen LogP contribution in [0, 0.1) is 11.8 Å². The molecule has 3 rings (SSSR count). The molecule has 2 fully saturated rings. The zero-order valence-corrected chi connectivity index (χ0v) is 12.8. The summed E-state index contributed by atoms with van der Waals surface area (Å²) in [7, 11) is 0. The molecule has 9 heteroatoms. The van der Waals surface area contributed by atoms with Crippen molar-refractivity contribution in [3.63, 3.8) is 0 Å². The van der Waals surface area contributed by atoms with Gasteiger partial charge in [0.15, 0.2) is 4.33 Å². The summed E-state index contributed by atoms with van der Waals surface area (Å²) in [6.45, 7) is 0. The molecule has 1 aliphatic heterocycles. The highest BCUT2D eigenvalue weighted by atomic mass is 35.5. The summed E-state index contributed by atoms with van der Waals surface area (Å²) in [6, 6.07) is 0. The number of allylic oxidation sites excluding steroid dienone is 2. The smallest absolute Gasteiger partial charge is 0.232 e. The molecule has 0 aromatic rings. The second-order valence-corrected chi connectivity index (χ2v) is 7.71. The van der Waals surface area contributed by atoms with E-state index in [-0.39, 0.29) is 10.1 Å². The summed E-state index contributed by atoms with van der Waals surface area (Å²) in [4.78, 5) is 20.3. The third-order valence-corrected chi connectivity index (χ3v) is 8.01. The number of alkyl halides is 4. The molecule has 1 heterocycles. The van der Waals surface area contributed by atoms with Crippen LogP contribution in [0.1, 0.15) is 0 Å². The average Bonchev–Trinajstić information content (AvgIpc) is 2.68. The first-order valence-electron chi connectivity index (χ1n) is 4.78. The van der Waals surface area contributed by atoms with Crippen LogP contribution in [0.4, 0.5) is 0 Å². The molecule has 1 saturated heterocycles. The van der Waals surface area contributed by atoms with Crippen molar-refractivity contribution in [2.45, 2.75) is 14.1 Å². The summed E-state index contributed by atoms with van der Waals surface area (Å²) in [5, 5.41) is 1.97. The van der Waals surface area contributed by atoms with Crippen molar-refractivity contribution >= 4 is 81.4 Å². The molecule has 18 heavy (non-hydrogen) atoms. The van der Waals surface area contributed by atoms with E-state index in [1.807, 2.05) is 0 Å². The minimum absolute atomic E-state index is 0.0862. The Morgan fingerprint density at radius 1 is 0.833 bits per heavy atom. The van der Waals surface area contributed by atoms with Crippen LogP contribution >= 0.6 is 69.6 Å². The molecule has 2 bridgehead atoms. The molecule has 0 spiro atoms. The second kappa shape index (κ2) is 3.44. The number of carbonyl (C=O) groups is 2. The number of fused-ring (bicyclic) bond motifs is 5. The van der Waals surface area contributed by atoms with Crippen molar-refractivity contribution in [2.75, 3.05) is 0 Å². The Labute approximate surface area is 132 Å². The predicted octanol–water partition coefficient (Wildman–Crippen LogP) is 2.72. The molecule has 2 aliphatic carbocycles. The largest absolute Gasteiger partial charge is 0.296 e. The summed E-state index contributed by atoms with van der Waals surface area (Å²) < 4.78 is -1.85. The minimum atomic E-state index is -1.85. The minimum Gasteiger partial charge on any atom is -0.296 e. The topological polar surface area (TPSA) is 46.2 Å². The molecule has 3 aliphatic rings. The number of nitrogens with one attached hydrogen (secondary N) is 1. The van der Waals surface area contributed by atoms with E-state index in [1.54, 1.807) is 0 Å². The highest BCUT2D eigenvalue weighted by molar-refractivity contribution is 6.66.